The van der Waals surface area contributed by atoms with E-state index in [0.717, 1.165) is 50.6 Å². The predicted molar refractivity (Wildman–Crippen MR) is 148 cm³/mol. The van der Waals surface area contributed by atoms with E-state index in [-0.39, 0.29) is 5.41 Å². The van der Waals surface area contributed by atoms with Crippen LogP contribution in [0.15, 0.2) is 109 Å². The second kappa shape index (κ2) is 8.65. The lowest BCUT2D eigenvalue weighted by molar-refractivity contribution is 0.590. The SMILES string of the molecule is CC(C)(C)c1cc(-c2ccccn2)cc(-c2ccc3ccn(-c4ccc(-c5ccccc5)[nH]4)c3n2)c1. The van der Waals surface area contributed by atoms with Gasteiger partial charge in [-0.05, 0) is 77.2 Å². The summed E-state index contributed by atoms with van der Waals surface area (Å²) in [4.78, 5) is 13.3. The molecule has 0 spiro atoms. The van der Waals surface area contributed by atoms with E-state index in [2.05, 4.69) is 120 Å². The summed E-state index contributed by atoms with van der Waals surface area (Å²) in [6.07, 6.45) is 3.92. The molecule has 0 aliphatic heterocycles. The number of benzene rings is 2. The van der Waals surface area contributed by atoms with Gasteiger partial charge in [0, 0.05) is 34.6 Å². The number of nitrogens with zero attached hydrogens (tertiary/aromatic N) is 3. The van der Waals surface area contributed by atoms with Crippen LogP contribution in [0.1, 0.15) is 26.3 Å². The molecule has 6 rings (SSSR count). The molecule has 4 heterocycles. The standard InChI is InChI=1S/C32H28N4/c1-32(2,3)26-20-24(27-11-7-8-17-33-27)19-25(21-26)29-13-12-23-16-18-36(31(23)35-29)30-15-14-28(34-30)22-9-5-4-6-10-22/h4-21,34H,1-3H3. The van der Waals surface area contributed by atoms with Gasteiger partial charge in [-0.25, -0.2) is 4.98 Å². The van der Waals surface area contributed by atoms with Gasteiger partial charge in [0.15, 0.2) is 0 Å². The maximum Gasteiger partial charge on any atom is 0.146 e. The minimum atomic E-state index is 0.00193. The molecule has 4 aromatic heterocycles. The lowest BCUT2D eigenvalue weighted by Gasteiger charge is -2.21. The van der Waals surface area contributed by atoms with E-state index in [0.29, 0.717) is 0 Å². The summed E-state index contributed by atoms with van der Waals surface area (Å²) in [5.74, 6) is 0.992. The highest BCUT2D eigenvalue weighted by Crippen LogP contribution is 2.33. The smallest absolute Gasteiger partial charge is 0.146 e. The topological polar surface area (TPSA) is 46.5 Å². The van der Waals surface area contributed by atoms with Crippen molar-refractivity contribution in [2.24, 2.45) is 0 Å². The summed E-state index contributed by atoms with van der Waals surface area (Å²) in [6, 6.07) is 33.7. The van der Waals surface area contributed by atoms with Crippen LogP contribution in [0.4, 0.5) is 0 Å². The van der Waals surface area contributed by atoms with E-state index < -0.39 is 0 Å². The third kappa shape index (κ3) is 4.11. The van der Waals surface area contributed by atoms with E-state index in [1.165, 1.54) is 5.56 Å². The largest absolute Gasteiger partial charge is 0.341 e. The number of fused-ring (bicyclic) bond motifs is 1. The Labute approximate surface area is 211 Å². The van der Waals surface area contributed by atoms with Crippen molar-refractivity contribution in [3.63, 3.8) is 0 Å². The van der Waals surface area contributed by atoms with Gasteiger partial charge in [0.2, 0.25) is 0 Å². The fourth-order valence-electron chi connectivity index (χ4n) is 4.56. The minimum absolute atomic E-state index is 0.00193. The van der Waals surface area contributed by atoms with Gasteiger partial charge in [-0.3, -0.25) is 9.55 Å². The molecular weight excluding hydrogens is 440 g/mol. The first-order valence-corrected chi connectivity index (χ1v) is 12.3. The average Bonchev–Trinajstić information content (AvgIpc) is 3.56. The van der Waals surface area contributed by atoms with Crippen LogP contribution in [0.2, 0.25) is 0 Å². The molecule has 0 unspecified atom stereocenters. The molecule has 0 radical (unpaired) electrons. The van der Waals surface area contributed by atoms with Gasteiger partial charge in [0.1, 0.15) is 11.5 Å². The van der Waals surface area contributed by atoms with Crippen molar-refractivity contribution in [2.75, 3.05) is 0 Å². The molecule has 0 saturated carbocycles. The highest BCUT2D eigenvalue weighted by molar-refractivity contribution is 5.82. The third-order valence-electron chi connectivity index (χ3n) is 6.61. The van der Waals surface area contributed by atoms with Crippen LogP contribution in [0, 0.1) is 0 Å². The number of hydrogen-bond acceptors (Lipinski definition) is 2. The van der Waals surface area contributed by atoms with Gasteiger partial charge in [-0.2, -0.15) is 0 Å². The van der Waals surface area contributed by atoms with E-state index in [9.17, 15) is 0 Å². The van der Waals surface area contributed by atoms with Gasteiger partial charge >= 0.3 is 0 Å². The van der Waals surface area contributed by atoms with Crippen LogP contribution >= 0.6 is 0 Å². The number of H-pyrrole nitrogens is 1. The van der Waals surface area contributed by atoms with Crippen LogP contribution < -0.4 is 0 Å². The highest BCUT2D eigenvalue weighted by Gasteiger charge is 2.18. The number of nitrogens with one attached hydrogen (secondary N) is 1. The van der Waals surface area contributed by atoms with Crippen molar-refractivity contribution in [1.82, 2.24) is 19.5 Å². The first kappa shape index (κ1) is 22.1. The van der Waals surface area contributed by atoms with Crippen LogP contribution in [-0.4, -0.2) is 19.5 Å². The van der Waals surface area contributed by atoms with E-state index in [4.69, 9.17) is 4.98 Å². The molecule has 0 saturated heterocycles. The lowest BCUT2D eigenvalue weighted by Crippen LogP contribution is -2.11. The summed E-state index contributed by atoms with van der Waals surface area (Å²) < 4.78 is 2.12. The van der Waals surface area contributed by atoms with Crippen molar-refractivity contribution in [3.05, 3.63) is 115 Å². The molecule has 0 aliphatic rings. The quantitative estimate of drug-likeness (QED) is 0.284. The molecule has 0 atom stereocenters. The Morgan fingerprint density at radius 1 is 0.694 bits per heavy atom. The Kier molecular flexibility index (Phi) is 5.30. The van der Waals surface area contributed by atoms with Crippen LogP contribution in [0.3, 0.4) is 0 Å². The predicted octanol–water partition coefficient (Wildman–Crippen LogP) is 8.05. The van der Waals surface area contributed by atoms with Crippen molar-refractivity contribution >= 4 is 11.0 Å². The number of aromatic amines is 1. The molecule has 0 bridgehead atoms. The van der Waals surface area contributed by atoms with Crippen molar-refractivity contribution in [3.8, 4) is 39.6 Å². The zero-order valence-corrected chi connectivity index (χ0v) is 20.7. The number of pyridine rings is 2. The Hall–Kier alpha value is -4.44. The summed E-state index contributed by atoms with van der Waals surface area (Å²) >= 11 is 0. The fourth-order valence-corrected chi connectivity index (χ4v) is 4.56. The Bertz CT molecular complexity index is 1650. The third-order valence-corrected chi connectivity index (χ3v) is 6.61. The van der Waals surface area contributed by atoms with Gasteiger partial charge in [-0.1, -0.05) is 57.2 Å². The molecule has 36 heavy (non-hydrogen) atoms. The second-order valence-electron chi connectivity index (χ2n) is 10.2. The van der Waals surface area contributed by atoms with Crippen LogP contribution in [-0.2, 0) is 5.41 Å². The van der Waals surface area contributed by atoms with Crippen molar-refractivity contribution < 1.29 is 0 Å². The zero-order valence-electron chi connectivity index (χ0n) is 20.7. The van der Waals surface area contributed by atoms with Crippen molar-refractivity contribution in [2.45, 2.75) is 26.2 Å². The maximum atomic E-state index is 5.14. The Balaban J connectivity index is 1.46. The van der Waals surface area contributed by atoms with E-state index in [1.807, 2.05) is 24.4 Å². The Morgan fingerprint density at radius 2 is 1.47 bits per heavy atom. The summed E-state index contributed by atoms with van der Waals surface area (Å²) in [5, 5.41) is 1.10. The Morgan fingerprint density at radius 3 is 2.22 bits per heavy atom. The second-order valence-corrected chi connectivity index (χ2v) is 10.2. The van der Waals surface area contributed by atoms with Crippen LogP contribution in [0.5, 0.6) is 0 Å². The van der Waals surface area contributed by atoms with Crippen molar-refractivity contribution in [1.29, 1.82) is 0 Å². The van der Waals surface area contributed by atoms with Gasteiger partial charge in [-0.15, -0.1) is 0 Å². The summed E-state index contributed by atoms with van der Waals surface area (Å²) in [7, 11) is 0. The molecule has 2 aromatic carbocycles. The molecule has 0 aliphatic carbocycles. The zero-order chi connectivity index (χ0) is 24.7. The number of rotatable bonds is 4. The lowest BCUT2D eigenvalue weighted by atomic mass is 9.84. The summed E-state index contributed by atoms with van der Waals surface area (Å²) in [6.45, 7) is 6.73. The molecule has 4 heteroatoms. The van der Waals surface area contributed by atoms with Crippen LogP contribution in [0.25, 0.3) is 50.6 Å². The van der Waals surface area contributed by atoms with Gasteiger partial charge < -0.3 is 4.98 Å². The molecule has 0 amide bonds. The maximum absolute atomic E-state index is 5.14. The molecule has 0 fully saturated rings. The van der Waals surface area contributed by atoms with Gasteiger partial charge in [0.25, 0.3) is 0 Å². The first-order valence-electron chi connectivity index (χ1n) is 12.3. The molecular formula is C32H28N4. The summed E-state index contributed by atoms with van der Waals surface area (Å²) in [5.41, 5.74) is 8.54. The van der Waals surface area contributed by atoms with E-state index >= 15 is 0 Å². The number of hydrogen-bond donors (Lipinski definition) is 1. The monoisotopic (exact) mass is 468 g/mol. The highest BCUT2D eigenvalue weighted by atomic mass is 15.1. The molecule has 4 nitrogen and oxygen atoms in total. The van der Waals surface area contributed by atoms with E-state index in [1.54, 1.807) is 0 Å². The normalized spacial score (nSPS) is 11.8. The van der Waals surface area contributed by atoms with Gasteiger partial charge in [0.05, 0.1) is 11.4 Å². The molecule has 176 valence electrons. The molecule has 1 N–H and O–H groups in total. The fraction of sp³-hybridized carbons (Fsp3) is 0.125. The minimum Gasteiger partial charge on any atom is -0.341 e. The average molecular weight is 469 g/mol. The number of aromatic nitrogens is 4. The molecule has 6 aromatic rings. The first-order chi connectivity index (χ1) is 17.5.